The Kier molecular flexibility index (Phi) is 6.07. The molecule has 0 aliphatic rings. The molecule has 0 fully saturated rings. The molecule has 4 rings (SSSR count). The van der Waals surface area contributed by atoms with Gasteiger partial charge >= 0.3 is 6.18 Å². The average Bonchev–Trinajstić information content (AvgIpc) is 3.11. The van der Waals surface area contributed by atoms with Crippen LogP contribution in [0.4, 0.5) is 19.0 Å². The molecule has 2 heterocycles. The molecule has 0 saturated carbocycles. The van der Waals surface area contributed by atoms with E-state index in [9.17, 15) is 18.0 Å². The number of amides is 1. The molecule has 33 heavy (non-hydrogen) atoms. The van der Waals surface area contributed by atoms with Gasteiger partial charge in [0.25, 0.3) is 5.91 Å². The molecule has 0 atom stereocenters. The number of carbonyl (C=O) groups is 1. The molecule has 2 aromatic heterocycles. The Morgan fingerprint density at radius 2 is 1.88 bits per heavy atom. The van der Waals surface area contributed by atoms with Crippen molar-refractivity contribution in [2.45, 2.75) is 19.6 Å². The molecule has 0 bridgehead atoms. The molecule has 170 valence electrons. The lowest BCUT2D eigenvalue weighted by molar-refractivity contribution is -0.140. The molecule has 1 N–H and O–H groups in total. The molecule has 7 nitrogen and oxygen atoms in total. The Hall–Kier alpha value is -3.47. The van der Waals surface area contributed by atoms with Crippen LogP contribution >= 0.6 is 15.9 Å². The quantitative estimate of drug-likeness (QED) is 0.390. The van der Waals surface area contributed by atoms with Crippen molar-refractivity contribution in [2.24, 2.45) is 0 Å². The van der Waals surface area contributed by atoms with Crippen molar-refractivity contribution >= 4 is 38.6 Å². The third kappa shape index (κ3) is 4.82. The van der Waals surface area contributed by atoms with Crippen LogP contribution in [0.3, 0.4) is 0 Å². The van der Waals surface area contributed by atoms with E-state index >= 15 is 0 Å². The van der Waals surface area contributed by atoms with Gasteiger partial charge in [-0.15, -0.1) is 5.10 Å². The monoisotopic (exact) mass is 519 g/mol. The first-order valence-corrected chi connectivity index (χ1v) is 10.5. The van der Waals surface area contributed by atoms with E-state index < -0.39 is 17.8 Å². The van der Waals surface area contributed by atoms with Gasteiger partial charge in [-0.3, -0.25) is 4.79 Å². The van der Waals surface area contributed by atoms with Gasteiger partial charge in [-0.1, -0.05) is 33.3 Å². The van der Waals surface area contributed by atoms with E-state index in [-0.39, 0.29) is 22.3 Å². The van der Waals surface area contributed by atoms with E-state index in [0.717, 1.165) is 17.4 Å². The van der Waals surface area contributed by atoms with Crippen molar-refractivity contribution in [3.63, 3.8) is 0 Å². The Labute approximate surface area is 194 Å². The summed E-state index contributed by atoms with van der Waals surface area (Å²) in [6.45, 7) is 2.10. The molecular formula is C22H17BrF3N5O2. The van der Waals surface area contributed by atoms with Gasteiger partial charge < -0.3 is 10.1 Å². The van der Waals surface area contributed by atoms with Gasteiger partial charge in [-0.05, 0) is 48.9 Å². The summed E-state index contributed by atoms with van der Waals surface area (Å²) in [5.41, 5.74) is 0.217. The summed E-state index contributed by atoms with van der Waals surface area (Å²) in [5, 5.41) is 10.9. The van der Waals surface area contributed by atoms with Crippen LogP contribution in [0.5, 0.6) is 5.75 Å². The van der Waals surface area contributed by atoms with E-state index in [2.05, 4.69) is 36.5 Å². The smallest absolute Gasteiger partial charge is 0.433 e. The van der Waals surface area contributed by atoms with Gasteiger partial charge in [0.2, 0.25) is 0 Å². The predicted octanol–water partition coefficient (Wildman–Crippen LogP) is 5.23. The van der Waals surface area contributed by atoms with E-state index in [1.54, 1.807) is 30.8 Å². The second kappa shape index (κ2) is 8.81. The number of nitrogens with one attached hydrogen (secondary N) is 1. The third-order valence-electron chi connectivity index (χ3n) is 5.01. The number of pyridine rings is 1. The molecule has 0 saturated heterocycles. The highest BCUT2D eigenvalue weighted by Crippen LogP contribution is 2.32. The van der Waals surface area contributed by atoms with Gasteiger partial charge in [-0.25, -0.2) is 9.67 Å². The fourth-order valence-corrected chi connectivity index (χ4v) is 3.60. The van der Waals surface area contributed by atoms with E-state index in [1.807, 2.05) is 24.3 Å². The number of hydrogen-bond donors (Lipinski definition) is 1. The van der Waals surface area contributed by atoms with Gasteiger partial charge in [0.1, 0.15) is 11.4 Å². The zero-order valence-corrected chi connectivity index (χ0v) is 19.0. The zero-order valence-electron chi connectivity index (χ0n) is 17.4. The minimum absolute atomic E-state index is 0.0538. The Morgan fingerprint density at radius 3 is 2.55 bits per heavy atom. The van der Waals surface area contributed by atoms with Crippen LogP contribution in [0.25, 0.3) is 10.9 Å². The van der Waals surface area contributed by atoms with Crippen molar-refractivity contribution in [3.05, 3.63) is 75.5 Å². The van der Waals surface area contributed by atoms with Crippen LogP contribution in [-0.2, 0) is 12.7 Å². The number of anilines is 1. The minimum Gasteiger partial charge on any atom is -0.497 e. The fraction of sp³-hybridized carbons (Fsp3) is 0.182. The van der Waals surface area contributed by atoms with Crippen molar-refractivity contribution in [3.8, 4) is 5.75 Å². The van der Waals surface area contributed by atoms with E-state index in [0.29, 0.717) is 16.7 Å². The van der Waals surface area contributed by atoms with Crippen LogP contribution < -0.4 is 10.1 Å². The molecule has 2 aromatic carbocycles. The SMILES string of the molecule is COc1ccc(Cn2nnc(NC(=O)c3cc(C(F)(F)F)nc4ccc(Br)cc34)c2C)cc1. The molecule has 4 aromatic rings. The molecule has 0 unspecified atom stereocenters. The Morgan fingerprint density at radius 1 is 1.15 bits per heavy atom. The fourth-order valence-electron chi connectivity index (χ4n) is 3.24. The van der Waals surface area contributed by atoms with Gasteiger partial charge in [-0.2, -0.15) is 13.2 Å². The minimum atomic E-state index is -4.70. The highest BCUT2D eigenvalue weighted by Gasteiger charge is 2.34. The van der Waals surface area contributed by atoms with Gasteiger partial charge in [0.05, 0.1) is 30.4 Å². The number of nitrogens with zero attached hydrogens (tertiary/aromatic N) is 4. The number of fused-ring (bicyclic) bond motifs is 1. The van der Waals surface area contributed by atoms with Crippen molar-refractivity contribution in [1.82, 2.24) is 20.0 Å². The second-order valence-electron chi connectivity index (χ2n) is 7.20. The molecule has 0 radical (unpaired) electrons. The van der Waals surface area contributed by atoms with Crippen LogP contribution in [0.1, 0.15) is 27.3 Å². The molecule has 11 heteroatoms. The summed E-state index contributed by atoms with van der Waals surface area (Å²) in [5.74, 6) is 0.129. The number of alkyl halides is 3. The standard InChI is InChI=1S/C22H17BrF3N5O2/c1-12-20(29-30-31(12)11-13-3-6-15(33-2)7-4-13)28-21(32)17-10-19(22(24,25)26)27-18-8-5-14(23)9-16(17)18/h3-10H,11H2,1-2H3,(H,28,32). The summed E-state index contributed by atoms with van der Waals surface area (Å²) < 4.78 is 47.4. The van der Waals surface area contributed by atoms with Crippen molar-refractivity contribution in [2.75, 3.05) is 12.4 Å². The van der Waals surface area contributed by atoms with E-state index in [1.165, 1.54) is 6.07 Å². The van der Waals surface area contributed by atoms with E-state index in [4.69, 9.17) is 4.74 Å². The number of methoxy groups -OCH3 is 1. The number of carbonyl (C=O) groups excluding carboxylic acids is 1. The maximum atomic E-state index is 13.4. The number of aromatic nitrogens is 4. The third-order valence-corrected chi connectivity index (χ3v) is 5.50. The van der Waals surface area contributed by atoms with Gasteiger partial charge in [0.15, 0.2) is 5.82 Å². The molecule has 1 amide bonds. The first-order chi connectivity index (χ1) is 15.7. The number of halogens is 4. The summed E-state index contributed by atoms with van der Waals surface area (Å²) in [4.78, 5) is 16.6. The van der Waals surface area contributed by atoms with Crippen molar-refractivity contribution < 1.29 is 22.7 Å². The highest BCUT2D eigenvalue weighted by atomic mass is 79.9. The van der Waals surface area contributed by atoms with Crippen molar-refractivity contribution in [1.29, 1.82) is 0 Å². The molecular weight excluding hydrogens is 503 g/mol. The maximum Gasteiger partial charge on any atom is 0.433 e. The summed E-state index contributed by atoms with van der Waals surface area (Å²) in [6, 6.07) is 12.6. The normalized spacial score (nSPS) is 11.6. The summed E-state index contributed by atoms with van der Waals surface area (Å²) >= 11 is 3.28. The lowest BCUT2D eigenvalue weighted by atomic mass is 10.1. The first-order valence-electron chi connectivity index (χ1n) is 9.67. The Bertz CT molecular complexity index is 1340. The number of hydrogen-bond acceptors (Lipinski definition) is 5. The van der Waals surface area contributed by atoms with Gasteiger partial charge in [0, 0.05) is 9.86 Å². The Balaban J connectivity index is 1.64. The second-order valence-corrected chi connectivity index (χ2v) is 8.11. The summed E-state index contributed by atoms with van der Waals surface area (Å²) in [6.07, 6.45) is -4.70. The lowest BCUT2D eigenvalue weighted by Gasteiger charge is -2.12. The van der Waals surface area contributed by atoms with Crippen LogP contribution in [0.15, 0.2) is 53.0 Å². The summed E-state index contributed by atoms with van der Waals surface area (Å²) in [7, 11) is 1.58. The number of ether oxygens (including phenoxy) is 1. The highest BCUT2D eigenvalue weighted by molar-refractivity contribution is 9.10. The number of rotatable bonds is 5. The average molecular weight is 520 g/mol. The number of benzene rings is 2. The first kappa shape index (κ1) is 22.7. The topological polar surface area (TPSA) is 81.9 Å². The maximum absolute atomic E-state index is 13.4. The lowest BCUT2D eigenvalue weighted by Crippen LogP contribution is -2.17. The molecule has 0 spiro atoms. The largest absolute Gasteiger partial charge is 0.497 e. The van der Waals surface area contributed by atoms with Crippen LogP contribution in [0, 0.1) is 6.92 Å². The molecule has 0 aliphatic heterocycles. The van der Waals surface area contributed by atoms with Crippen LogP contribution in [-0.4, -0.2) is 33.0 Å². The predicted molar refractivity (Wildman–Crippen MR) is 119 cm³/mol. The van der Waals surface area contributed by atoms with Crippen LogP contribution in [0.2, 0.25) is 0 Å². The molecule has 0 aliphatic carbocycles. The zero-order chi connectivity index (χ0) is 23.8.